The molecule has 2 heterocycles. The maximum Gasteiger partial charge on any atom is 0.411 e. The van der Waals surface area contributed by atoms with Crippen molar-refractivity contribution < 1.29 is 45.1 Å². The number of ether oxygens (including phenoxy) is 1. The molecule has 1 aromatic rings. The lowest BCUT2D eigenvalue weighted by Gasteiger charge is -2.33. The van der Waals surface area contributed by atoms with Gasteiger partial charge in [-0.05, 0) is 19.3 Å². The Morgan fingerprint density at radius 1 is 1.06 bits per heavy atom. The van der Waals surface area contributed by atoms with Crippen LogP contribution in [-0.4, -0.2) is 78.2 Å². The first-order valence-electron chi connectivity index (χ1n) is 10.5. The smallest absolute Gasteiger partial charge is 0.411 e. The molecule has 0 aromatic heterocycles. The molecule has 1 saturated carbocycles. The van der Waals surface area contributed by atoms with Crippen molar-refractivity contribution in [1.29, 1.82) is 0 Å². The van der Waals surface area contributed by atoms with Gasteiger partial charge in [0.05, 0.1) is 13.1 Å². The van der Waals surface area contributed by atoms with E-state index in [1.54, 1.807) is 9.80 Å². The van der Waals surface area contributed by atoms with Crippen molar-refractivity contribution in [3.05, 3.63) is 23.8 Å². The molecule has 7 nitrogen and oxygen atoms in total. The maximum atomic E-state index is 13.6. The molecule has 14 heteroatoms. The van der Waals surface area contributed by atoms with E-state index in [1.165, 1.54) is 0 Å². The third kappa shape index (κ3) is 5.06. The highest BCUT2D eigenvalue weighted by atomic mass is 19.4. The normalized spacial score (nSPS) is 23.9. The highest BCUT2D eigenvalue weighted by Gasteiger charge is 2.64. The standard InChI is InChI=1S/C20H21F7N4O3/c21-13-3-10(4-14(17(13)22)34-18(23)24)28-15(32)8-30-6-12-5-11(30)7-31(12)9-16(33)29-19(1-2-19)20(25,26)27/h3-4,11-12,18H,1-2,5-9H2,(H,28,32)(H,29,33)/t11-,12-/m0/s1. The molecule has 2 atom stereocenters. The van der Waals surface area contributed by atoms with E-state index in [1.807, 2.05) is 0 Å². The fourth-order valence-electron chi connectivity index (χ4n) is 4.52. The van der Waals surface area contributed by atoms with E-state index in [2.05, 4.69) is 15.4 Å². The van der Waals surface area contributed by atoms with Crippen molar-refractivity contribution >= 4 is 17.5 Å². The van der Waals surface area contributed by atoms with E-state index >= 15 is 0 Å². The number of carbonyl (C=O) groups is 2. The first-order valence-corrected chi connectivity index (χ1v) is 10.5. The van der Waals surface area contributed by atoms with Crippen molar-refractivity contribution in [3.63, 3.8) is 0 Å². The van der Waals surface area contributed by atoms with Crippen LogP contribution in [0.1, 0.15) is 19.3 Å². The average molecular weight is 498 g/mol. The highest BCUT2D eigenvalue weighted by molar-refractivity contribution is 5.92. The van der Waals surface area contributed by atoms with E-state index in [0.717, 1.165) is 6.07 Å². The van der Waals surface area contributed by atoms with Crippen LogP contribution >= 0.6 is 0 Å². The van der Waals surface area contributed by atoms with Crippen LogP contribution in [0.4, 0.5) is 36.4 Å². The monoisotopic (exact) mass is 498 g/mol. The number of nitrogens with one attached hydrogen (secondary N) is 2. The van der Waals surface area contributed by atoms with Gasteiger partial charge >= 0.3 is 12.8 Å². The topological polar surface area (TPSA) is 73.9 Å². The molecule has 34 heavy (non-hydrogen) atoms. The van der Waals surface area contributed by atoms with Gasteiger partial charge in [-0.1, -0.05) is 0 Å². The van der Waals surface area contributed by atoms with Crippen LogP contribution in [-0.2, 0) is 9.59 Å². The predicted molar refractivity (Wildman–Crippen MR) is 103 cm³/mol. The Morgan fingerprint density at radius 3 is 2.15 bits per heavy atom. The number of carbonyl (C=O) groups excluding carboxylic acids is 2. The zero-order valence-corrected chi connectivity index (χ0v) is 17.6. The Hall–Kier alpha value is -2.61. The lowest BCUT2D eigenvalue weighted by molar-refractivity contribution is -0.170. The summed E-state index contributed by atoms with van der Waals surface area (Å²) in [6, 6.07) is 1.13. The molecule has 3 aliphatic rings. The Bertz CT molecular complexity index is 970. The summed E-state index contributed by atoms with van der Waals surface area (Å²) in [6.07, 6.45) is -4.14. The van der Waals surface area contributed by atoms with E-state index in [-0.39, 0.29) is 43.7 Å². The van der Waals surface area contributed by atoms with Crippen molar-refractivity contribution in [3.8, 4) is 5.75 Å². The van der Waals surface area contributed by atoms with Crippen molar-refractivity contribution in [2.45, 2.75) is 49.7 Å². The number of anilines is 1. The Morgan fingerprint density at radius 2 is 1.65 bits per heavy atom. The van der Waals surface area contributed by atoms with Crippen LogP contribution < -0.4 is 15.4 Å². The number of likely N-dealkylation sites (tertiary alicyclic amines) is 2. The second kappa shape index (κ2) is 8.87. The summed E-state index contributed by atoms with van der Waals surface area (Å²) in [7, 11) is 0. The number of rotatable bonds is 8. The molecule has 1 aromatic carbocycles. The summed E-state index contributed by atoms with van der Waals surface area (Å²) in [5.74, 6) is -5.43. The summed E-state index contributed by atoms with van der Waals surface area (Å²) in [6.45, 7) is -2.94. The quantitative estimate of drug-likeness (QED) is 0.539. The van der Waals surface area contributed by atoms with Gasteiger partial charge in [0.25, 0.3) is 0 Å². The minimum Gasteiger partial charge on any atom is -0.431 e. The van der Waals surface area contributed by atoms with Gasteiger partial charge in [0.1, 0.15) is 5.54 Å². The number of benzene rings is 1. The third-order valence-electron chi connectivity index (χ3n) is 6.33. The van der Waals surface area contributed by atoms with Gasteiger partial charge in [0.15, 0.2) is 11.6 Å². The van der Waals surface area contributed by atoms with Crippen LogP contribution in [0.15, 0.2) is 12.1 Å². The minimum absolute atomic E-state index is 0.122. The number of fused-ring (bicyclic) bond motifs is 2. The number of nitrogens with zero attached hydrogens (tertiary/aromatic N) is 2. The molecule has 2 amide bonds. The Labute approximate surface area is 189 Å². The summed E-state index contributed by atoms with van der Waals surface area (Å²) in [5.41, 5.74) is -2.38. The number of amides is 2. The number of hydrogen-bond donors (Lipinski definition) is 2. The van der Waals surface area contributed by atoms with Crippen LogP contribution in [0.3, 0.4) is 0 Å². The van der Waals surface area contributed by atoms with E-state index in [0.29, 0.717) is 25.6 Å². The SMILES string of the molecule is O=C(CN1C[C@@H]2C[C@H]1CN2CC(=O)NC1(C(F)(F)F)CC1)Nc1cc(F)c(F)c(OC(F)F)c1. The minimum atomic E-state index is -4.49. The second-order valence-electron chi connectivity index (χ2n) is 8.73. The van der Waals surface area contributed by atoms with Crippen LogP contribution in [0, 0.1) is 11.6 Å². The first-order chi connectivity index (χ1) is 15.9. The van der Waals surface area contributed by atoms with Gasteiger partial charge in [-0.3, -0.25) is 19.4 Å². The molecule has 0 unspecified atom stereocenters. The van der Waals surface area contributed by atoms with Gasteiger partial charge < -0.3 is 15.4 Å². The molecule has 1 aliphatic carbocycles. The Kier molecular flexibility index (Phi) is 6.40. The van der Waals surface area contributed by atoms with Crippen LogP contribution in [0.25, 0.3) is 0 Å². The van der Waals surface area contributed by atoms with E-state index < -0.39 is 47.5 Å². The number of piperazine rings is 1. The van der Waals surface area contributed by atoms with Crippen molar-refractivity contribution in [2.75, 3.05) is 31.5 Å². The molecule has 3 fully saturated rings. The van der Waals surface area contributed by atoms with Crippen molar-refractivity contribution in [1.82, 2.24) is 15.1 Å². The highest BCUT2D eigenvalue weighted by Crippen LogP contribution is 2.48. The van der Waals surface area contributed by atoms with Gasteiger partial charge in [-0.2, -0.15) is 26.3 Å². The summed E-state index contributed by atoms with van der Waals surface area (Å²) < 4.78 is 94.8. The number of hydrogen-bond acceptors (Lipinski definition) is 5. The van der Waals surface area contributed by atoms with Gasteiger partial charge in [-0.15, -0.1) is 0 Å². The number of alkyl halides is 5. The molecular weight excluding hydrogens is 477 g/mol. The lowest BCUT2D eigenvalue weighted by Crippen LogP contribution is -2.54. The molecule has 2 N–H and O–H groups in total. The lowest BCUT2D eigenvalue weighted by atomic mass is 10.2. The molecule has 188 valence electrons. The van der Waals surface area contributed by atoms with Crippen LogP contribution in [0.5, 0.6) is 5.75 Å². The molecule has 4 rings (SSSR count). The van der Waals surface area contributed by atoms with Crippen molar-refractivity contribution in [2.24, 2.45) is 0 Å². The summed E-state index contributed by atoms with van der Waals surface area (Å²) in [4.78, 5) is 28.1. The molecule has 2 saturated heterocycles. The zero-order valence-electron chi connectivity index (χ0n) is 17.6. The van der Waals surface area contributed by atoms with E-state index in [9.17, 15) is 40.3 Å². The first kappa shape index (κ1) is 24.5. The molecule has 2 bridgehead atoms. The third-order valence-corrected chi connectivity index (χ3v) is 6.33. The fraction of sp³-hybridized carbons (Fsp3) is 0.600. The van der Waals surface area contributed by atoms with Gasteiger partial charge in [0, 0.05) is 43.0 Å². The number of halogens is 7. The Balaban J connectivity index is 1.27. The molecular formula is C20H21F7N4O3. The average Bonchev–Trinajstić information content (AvgIpc) is 3.26. The largest absolute Gasteiger partial charge is 0.431 e. The molecule has 2 aliphatic heterocycles. The summed E-state index contributed by atoms with van der Waals surface area (Å²) in [5, 5.41) is 4.40. The summed E-state index contributed by atoms with van der Waals surface area (Å²) >= 11 is 0. The fourth-order valence-corrected chi connectivity index (χ4v) is 4.52. The van der Waals surface area contributed by atoms with Crippen LogP contribution in [0.2, 0.25) is 0 Å². The zero-order chi connectivity index (χ0) is 24.8. The molecule has 0 spiro atoms. The predicted octanol–water partition coefficient (Wildman–Crippen LogP) is 2.47. The second-order valence-corrected chi connectivity index (χ2v) is 8.73. The van der Waals surface area contributed by atoms with Gasteiger partial charge in [0.2, 0.25) is 17.6 Å². The molecule has 0 radical (unpaired) electrons. The maximum absolute atomic E-state index is 13.6. The van der Waals surface area contributed by atoms with E-state index in [4.69, 9.17) is 0 Å². The van der Waals surface area contributed by atoms with Gasteiger partial charge in [-0.25, -0.2) is 4.39 Å².